The second-order valence-corrected chi connectivity index (χ2v) is 10.1. The Hall–Kier alpha value is -2.20. The van der Waals surface area contributed by atoms with Gasteiger partial charge in [-0.05, 0) is 23.3 Å². The van der Waals surface area contributed by atoms with Gasteiger partial charge in [0.2, 0.25) is 0 Å². The van der Waals surface area contributed by atoms with E-state index in [-0.39, 0.29) is 12.5 Å². The molecule has 3 heterocycles. The highest BCUT2D eigenvalue weighted by atomic mass is 32.2. The van der Waals surface area contributed by atoms with E-state index in [0.29, 0.717) is 24.1 Å². The van der Waals surface area contributed by atoms with E-state index in [1.165, 1.54) is 17.5 Å². The number of fused-ring (bicyclic) bond motifs is 1. The summed E-state index contributed by atoms with van der Waals surface area (Å²) in [6, 6.07) is 10.5. The Morgan fingerprint density at radius 2 is 2.06 bits per heavy atom. The van der Waals surface area contributed by atoms with E-state index in [2.05, 4.69) is 61.6 Å². The van der Waals surface area contributed by atoms with Gasteiger partial charge in [-0.15, -0.1) is 0 Å². The molecule has 1 aromatic heterocycles. The molecular formula is C24H34N6O2S. The van der Waals surface area contributed by atoms with Crippen LogP contribution in [-0.2, 0) is 13.0 Å². The van der Waals surface area contributed by atoms with Crippen LogP contribution in [0.15, 0.2) is 36.7 Å². The lowest BCUT2D eigenvalue weighted by Crippen LogP contribution is -2.55. The zero-order valence-electron chi connectivity index (χ0n) is 19.2. The summed E-state index contributed by atoms with van der Waals surface area (Å²) in [7, 11) is 0. The first kappa shape index (κ1) is 23.9. The molecule has 0 bridgehead atoms. The Morgan fingerprint density at radius 1 is 1.24 bits per heavy atom. The zero-order valence-corrected chi connectivity index (χ0v) is 20.1. The highest BCUT2D eigenvalue weighted by Gasteiger charge is 2.26. The zero-order chi connectivity index (χ0) is 23.0. The number of carbonyl (C=O) groups is 1. The maximum atomic E-state index is 12.6. The monoisotopic (exact) mass is 470 g/mol. The Bertz CT molecular complexity index is 923. The molecule has 0 saturated carbocycles. The van der Waals surface area contributed by atoms with Gasteiger partial charge in [-0.1, -0.05) is 31.2 Å². The molecule has 33 heavy (non-hydrogen) atoms. The second-order valence-electron chi connectivity index (χ2n) is 8.70. The molecule has 1 aromatic carbocycles. The number of nitrogens with one attached hydrogen (secondary N) is 2. The van der Waals surface area contributed by atoms with Crippen molar-refractivity contribution in [3.05, 3.63) is 53.5 Å². The fourth-order valence-corrected chi connectivity index (χ4v) is 5.00. The average Bonchev–Trinajstić information content (AvgIpc) is 2.81. The summed E-state index contributed by atoms with van der Waals surface area (Å²) >= 11 is 1.96. The van der Waals surface area contributed by atoms with Gasteiger partial charge in [0, 0.05) is 57.6 Å². The van der Waals surface area contributed by atoms with Crippen LogP contribution in [0, 0.1) is 0 Å². The number of likely N-dealkylation sites (tertiary alicyclic amines) is 1. The summed E-state index contributed by atoms with van der Waals surface area (Å²) < 4.78 is 0. The van der Waals surface area contributed by atoms with E-state index in [0.717, 1.165) is 50.7 Å². The van der Waals surface area contributed by atoms with Crippen LogP contribution in [-0.4, -0.2) is 93.7 Å². The molecular weight excluding hydrogens is 436 g/mol. The molecule has 2 aromatic rings. The molecule has 2 aliphatic heterocycles. The third-order valence-electron chi connectivity index (χ3n) is 6.14. The van der Waals surface area contributed by atoms with Gasteiger partial charge in [0.25, 0.3) is 5.91 Å². The molecule has 9 heteroatoms. The minimum Gasteiger partial charge on any atom is -0.390 e. The standard InChI is InChI=1S/C24H34N6O2S/c1-2-33-10-9-30-14-20(15-30)28-23-11-22(26-17-27-23)24(32)25-12-21(31)16-29-8-7-18-5-3-4-6-19(18)13-29/h3-6,11,17,20-21,31H,2,7-10,12-16H2,1H3,(H,25,32)(H,26,27,28)/t21-/m0/s1. The fourth-order valence-electron chi connectivity index (χ4n) is 4.32. The number of carbonyl (C=O) groups excluding carboxylic acids is 1. The van der Waals surface area contributed by atoms with Crippen molar-refractivity contribution in [2.75, 3.05) is 56.1 Å². The average molecular weight is 471 g/mol. The van der Waals surface area contributed by atoms with E-state index >= 15 is 0 Å². The smallest absolute Gasteiger partial charge is 0.270 e. The maximum Gasteiger partial charge on any atom is 0.270 e. The van der Waals surface area contributed by atoms with Gasteiger partial charge in [0.15, 0.2) is 0 Å². The number of benzene rings is 1. The van der Waals surface area contributed by atoms with E-state index in [9.17, 15) is 9.90 Å². The lowest BCUT2D eigenvalue weighted by Gasteiger charge is -2.39. The molecule has 0 radical (unpaired) electrons. The predicted octanol–water partition coefficient (Wildman–Crippen LogP) is 1.47. The summed E-state index contributed by atoms with van der Waals surface area (Å²) in [4.78, 5) is 25.6. The second kappa shape index (κ2) is 11.8. The van der Waals surface area contributed by atoms with Crippen molar-refractivity contribution >= 4 is 23.5 Å². The van der Waals surface area contributed by atoms with Crippen molar-refractivity contribution in [1.29, 1.82) is 0 Å². The molecule has 2 aliphatic rings. The summed E-state index contributed by atoms with van der Waals surface area (Å²) in [6.07, 6.45) is 1.76. The van der Waals surface area contributed by atoms with Gasteiger partial charge in [0.1, 0.15) is 17.8 Å². The van der Waals surface area contributed by atoms with Gasteiger partial charge in [-0.3, -0.25) is 14.6 Å². The largest absolute Gasteiger partial charge is 0.390 e. The molecule has 3 N–H and O–H groups in total. The minimum atomic E-state index is -0.634. The third-order valence-corrected chi connectivity index (χ3v) is 7.02. The number of aliphatic hydroxyl groups excluding tert-OH is 1. The lowest BCUT2D eigenvalue weighted by molar-refractivity contribution is 0.0838. The highest BCUT2D eigenvalue weighted by molar-refractivity contribution is 7.99. The number of hydrogen-bond donors (Lipinski definition) is 3. The lowest BCUT2D eigenvalue weighted by atomic mass is 10.00. The molecule has 1 saturated heterocycles. The van der Waals surface area contributed by atoms with Gasteiger partial charge in [-0.2, -0.15) is 11.8 Å². The Balaban J connectivity index is 1.18. The molecule has 4 rings (SSSR count). The number of β-amino-alcohol motifs (C(OH)–C–C–N with tert-alkyl or cyclic N) is 1. The molecule has 1 fully saturated rings. The van der Waals surface area contributed by atoms with Gasteiger partial charge >= 0.3 is 0 Å². The first-order valence-corrected chi connectivity index (χ1v) is 12.9. The Labute approximate surface area is 200 Å². The van der Waals surface area contributed by atoms with E-state index in [1.807, 2.05) is 11.8 Å². The normalized spacial score (nSPS) is 17.8. The fraction of sp³-hybridized carbons (Fsp3) is 0.542. The van der Waals surface area contributed by atoms with Crippen LogP contribution in [0.1, 0.15) is 28.5 Å². The first-order valence-electron chi connectivity index (χ1n) is 11.7. The van der Waals surface area contributed by atoms with Crippen LogP contribution in [0.25, 0.3) is 0 Å². The van der Waals surface area contributed by atoms with Crippen molar-refractivity contribution in [3.63, 3.8) is 0 Å². The molecule has 8 nitrogen and oxygen atoms in total. The quantitative estimate of drug-likeness (QED) is 0.425. The summed E-state index contributed by atoms with van der Waals surface area (Å²) in [5, 5.41) is 16.6. The molecule has 1 amide bonds. The third kappa shape index (κ3) is 6.89. The molecule has 0 aliphatic carbocycles. The minimum absolute atomic E-state index is 0.192. The van der Waals surface area contributed by atoms with Crippen molar-refractivity contribution in [1.82, 2.24) is 25.1 Å². The highest BCUT2D eigenvalue weighted by Crippen LogP contribution is 2.18. The number of amides is 1. The first-order chi connectivity index (χ1) is 16.1. The van der Waals surface area contributed by atoms with Crippen molar-refractivity contribution in [3.8, 4) is 0 Å². The van der Waals surface area contributed by atoms with Crippen molar-refractivity contribution in [2.24, 2.45) is 0 Å². The maximum absolute atomic E-state index is 12.6. The molecule has 1 atom stereocenters. The van der Waals surface area contributed by atoms with Crippen LogP contribution in [0.4, 0.5) is 5.82 Å². The van der Waals surface area contributed by atoms with Crippen molar-refractivity contribution < 1.29 is 9.90 Å². The van der Waals surface area contributed by atoms with E-state index < -0.39 is 6.10 Å². The number of hydrogen-bond acceptors (Lipinski definition) is 8. The number of aliphatic hydroxyl groups is 1. The number of nitrogens with zero attached hydrogens (tertiary/aromatic N) is 4. The SMILES string of the molecule is CCSCCN1CC(Nc2cc(C(=O)NC[C@H](O)CN3CCc4ccccc4C3)ncn2)C1. The van der Waals surface area contributed by atoms with Gasteiger partial charge in [-0.25, -0.2) is 9.97 Å². The Kier molecular flexibility index (Phi) is 8.55. The Morgan fingerprint density at radius 3 is 2.88 bits per heavy atom. The van der Waals surface area contributed by atoms with E-state index in [1.54, 1.807) is 6.07 Å². The van der Waals surface area contributed by atoms with Gasteiger partial charge in [0.05, 0.1) is 12.1 Å². The number of aromatic nitrogens is 2. The summed E-state index contributed by atoms with van der Waals surface area (Å²) in [5.74, 6) is 2.69. The van der Waals surface area contributed by atoms with Crippen LogP contribution in [0.3, 0.4) is 0 Å². The molecule has 178 valence electrons. The molecule has 0 unspecified atom stereocenters. The predicted molar refractivity (Wildman–Crippen MR) is 133 cm³/mol. The van der Waals surface area contributed by atoms with Crippen LogP contribution in [0.2, 0.25) is 0 Å². The topological polar surface area (TPSA) is 93.6 Å². The van der Waals surface area contributed by atoms with Crippen LogP contribution in [0.5, 0.6) is 0 Å². The van der Waals surface area contributed by atoms with Gasteiger partial charge < -0.3 is 15.7 Å². The summed E-state index contributed by atoms with van der Waals surface area (Å²) in [6.45, 7) is 7.74. The number of thioether (sulfide) groups is 1. The van der Waals surface area contributed by atoms with Crippen LogP contribution >= 0.6 is 11.8 Å². The van der Waals surface area contributed by atoms with Crippen molar-refractivity contribution in [2.45, 2.75) is 32.0 Å². The number of rotatable bonds is 11. The number of anilines is 1. The molecule has 0 spiro atoms. The van der Waals surface area contributed by atoms with Crippen LogP contribution < -0.4 is 10.6 Å². The van der Waals surface area contributed by atoms with E-state index in [4.69, 9.17) is 0 Å². The summed E-state index contributed by atoms with van der Waals surface area (Å²) in [5.41, 5.74) is 3.01.